The molecule has 5 N–H and O–H groups in total. The molecule has 1 saturated heterocycles. The van der Waals surface area contributed by atoms with Crippen LogP contribution in [0.1, 0.15) is 12.5 Å². The van der Waals surface area contributed by atoms with Crippen LogP contribution < -0.4 is 22.7 Å². The molecule has 0 saturated carbocycles. The average molecular weight is 212 g/mol. The Morgan fingerprint density at radius 2 is 2.13 bits per heavy atom. The highest BCUT2D eigenvalue weighted by molar-refractivity contribution is 5.56. The lowest BCUT2D eigenvalue weighted by molar-refractivity contribution is 0.186. The van der Waals surface area contributed by atoms with E-state index < -0.39 is 11.2 Å². The Balaban J connectivity index is 2.60. The van der Waals surface area contributed by atoms with Crippen LogP contribution in [0.2, 0.25) is 0 Å². The van der Waals surface area contributed by atoms with Gasteiger partial charge in [0.25, 0.3) is 5.56 Å². The zero-order valence-electron chi connectivity index (χ0n) is 8.03. The lowest BCUT2D eigenvalue weighted by Crippen LogP contribution is -2.36. The van der Waals surface area contributed by atoms with Gasteiger partial charge in [0, 0.05) is 6.61 Å². The fourth-order valence-electron chi connectivity index (χ4n) is 1.67. The zero-order chi connectivity index (χ0) is 11.0. The van der Waals surface area contributed by atoms with Gasteiger partial charge in [-0.1, -0.05) is 0 Å². The second-order valence-electron chi connectivity index (χ2n) is 3.45. The molecule has 7 heteroatoms. The first-order valence-electron chi connectivity index (χ1n) is 4.58. The smallest absolute Gasteiger partial charge is 0.330 e. The SMILES string of the molecule is Nc1c(N)n(C2CCOC2)c(=O)[nH]c1=O. The van der Waals surface area contributed by atoms with Crippen LogP contribution in [0.5, 0.6) is 0 Å². The summed E-state index contributed by atoms with van der Waals surface area (Å²) in [5.74, 6) is 0.0132. The molecule has 82 valence electrons. The van der Waals surface area contributed by atoms with Crippen LogP contribution in [0, 0.1) is 0 Å². The number of hydrogen-bond acceptors (Lipinski definition) is 5. The molecule has 1 atom stereocenters. The van der Waals surface area contributed by atoms with E-state index in [9.17, 15) is 9.59 Å². The van der Waals surface area contributed by atoms with Crippen molar-refractivity contribution in [1.29, 1.82) is 0 Å². The van der Waals surface area contributed by atoms with Crippen molar-refractivity contribution in [3.8, 4) is 0 Å². The molecule has 0 radical (unpaired) electrons. The number of aromatic nitrogens is 2. The molecule has 7 nitrogen and oxygen atoms in total. The number of nitrogens with zero attached hydrogens (tertiary/aromatic N) is 1. The third kappa shape index (κ3) is 1.50. The van der Waals surface area contributed by atoms with Crippen molar-refractivity contribution in [2.45, 2.75) is 12.5 Å². The molecule has 2 heterocycles. The minimum atomic E-state index is -0.646. The summed E-state index contributed by atoms with van der Waals surface area (Å²) in [7, 11) is 0. The number of rotatable bonds is 1. The van der Waals surface area contributed by atoms with E-state index in [0.717, 1.165) is 0 Å². The summed E-state index contributed by atoms with van der Waals surface area (Å²) in [6.07, 6.45) is 0.690. The van der Waals surface area contributed by atoms with E-state index in [-0.39, 0.29) is 17.5 Å². The number of nitrogens with two attached hydrogens (primary N) is 2. The fourth-order valence-corrected chi connectivity index (χ4v) is 1.67. The van der Waals surface area contributed by atoms with E-state index in [1.54, 1.807) is 0 Å². The summed E-state index contributed by atoms with van der Waals surface area (Å²) in [4.78, 5) is 24.8. The van der Waals surface area contributed by atoms with Gasteiger partial charge in [0.1, 0.15) is 11.5 Å². The van der Waals surface area contributed by atoms with Gasteiger partial charge >= 0.3 is 5.69 Å². The van der Waals surface area contributed by atoms with Crippen LogP contribution >= 0.6 is 0 Å². The monoisotopic (exact) mass is 212 g/mol. The van der Waals surface area contributed by atoms with E-state index in [1.165, 1.54) is 4.57 Å². The van der Waals surface area contributed by atoms with Gasteiger partial charge in [-0.05, 0) is 6.42 Å². The second-order valence-corrected chi connectivity index (χ2v) is 3.45. The van der Waals surface area contributed by atoms with Crippen molar-refractivity contribution in [3.05, 3.63) is 20.8 Å². The molecule has 2 rings (SSSR count). The van der Waals surface area contributed by atoms with Gasteiger partial charge in [0.2, 0.25) is 0 Å². The van der Waals surface area contributed by atoms with E-state index in [1.807, 2.05) is 0 Å². The first-order chi connectivity index (χ1) is 7.11. The second kappa shape index (κ2) is 3.43. The maximum Gasteiger partial charge on any atom is 0.330 e. The summed E-state index contributed by atoms with van der Waals surface area (Å²) >= 11 is 0. The van der Waals surface area contributed by atoms with Crippen molar-refractivity contribution in [1.82, 2.24) is 9.55 Å². The number of hydrogen-bond donors (Lipinski definition) is 3. The van der Waals surface area contributed by atoms with Gasteiger partial charge in [-0.25, -0.2) is 4.79 Å². The predicted octanol–water partition coefficient (Wildman–Crippen LogP) is -1.34. The quantitative estimate of drug-likeness (QED) is 0.533. The van der Waals surface area contributed by atoms with Crippen LogP contribution in [-0.2, 0) is 4.74 Å². The van der Waals surface area contributed by atoms with E-state index in [4.69, 9.17) is 16.2 Å². The highest BCUT2D eigenvalue weighted by Gasteiger charge is 2.22. The number of nitrogen functional groups attached to an aromatic ring is 2. The van der Waals surface area contributed by atoms with Gasteiger partial charge in [0.15, 0.2) is 0 Å². The maximum atomic E-state index is 11.5. The van der Waals surface area contributed by atoms with Crippen molar-refractivity contribution < 1.29 is 4.74 Å². The van der Waals surface area contributed by atoms with Crippen molar-refractivity contribution >= 4 is 11.5 Å². The molecule has 0 bridgehead atoms. The Morgan fingerprint density at radius 3 is 2.73 bits per heavy atom. The largest absolute Gasteiger partial charge is 0.391 e. The molecule has 1 aliphatic heterocycles. The summed E-state index contributed by atoms with van der Waals surface area (Å²) in [5.41, 5.74) is 9.77. The molecular formula is C8H12N4O3. The van der Waals surface area contributed by atoms with E-state index in [2.05, 4.69) is 4.98 Å². The molecule has 15 heavy (non-hydrogen) atoms. The van der Waals surface area contributed by atoms with Crippen molar-refractivity contribution in [3.63, 3.8) is 0 Å². The summed E-state index contributed by atoms with van der Waals surface area (Å²) in [5, 5.41) is 0. The normalized spacial score (nSPS) is 20.7. The van der Waals surface area contributed by atoms with Gasteiger partial charge in [-0.3, -0.25) is 14.3 Å². The van der Waals surface area contributed by atoms with Crippen LogP contribution in [0.3, 0.4) is 0 Å². The summed E-state index contributed by atoms with van der Waals surface area (Å²) in [6.45, 7) is 0.991. The van der Waals surface area contributed by atoms with Crippen LogP contribution in [0.25, 0.3) is 0 Å². The Hall–Kier alpha value is -1.76. The molecule has 0 aliphatic carbocycles. The molecule has 0 spiro atoms. The topological polar surface area (TPSA) is 116 Å². The lowest BCUT2D eigenvalue weighted by atomic mass is 10.2. The third-order valence-corrected chi connectivity index (χ3v) is 2.49. The minimum absolute atomic E-state index is 0.0132. The zero-order valence-corrected chi connectivity index (χ0v) is 8.03. The summed E-state index contributed by atoms with van der Waals surface area (Å²) in [6, 6.07) is -0.142. The number of ether oxygens (including phenoxy) is 1. The molecule has 0 aromatic carbocycles. The first-order valence-corrected chi connectivity index (χ1v) is 4.58. The molecule has 1 fully saturated rings. The van der Waals surface area contributed by atoms with Crippen LogP contribution in [0.15, 0.2) is 9.59 Å². The van der Waals surface area contributed by atoms with Crippen molar-refractivity contribution in [2.75, 3.05) is 24.7 Å². The number of aromatic amines is 1. The van der Waals surface area contributed by atoms with Gasteiger partial charge < -0.3 is 16.2 Å². The molecule has 1 aromatic heterocycles. The number of nitrogens with one attached hydrogen (secondary N) is 1. The number of anilines is 2. The average Bonchev–Trinajstić information content (AvgIpc) is 2.68. The standard InChI is InChI=1S/C8H12N4O3/c9-5-6(10)12(4-1-2-15-3-4)8(14)11-7(5)13/h4H,1-3,9-10H2,(H,11,13,14). The van der Waals surface area contributed by atoms with E-state index >= 15 is 0 Å². The van der Waals surface area contributed by atoms with E-state index in [0.29, 0.717) is 19.6 Å². The fraction of sp³-hybridized carbons (Fsp3) is 0.500. The molecule has 1 aromatic rings. The minimum Gasteiger partial charge on any atom is -0.391 e. The van der Waals surface area contributed by atoms with Gasteiger partial charge in [-0.2, -0.15) is 0 Å². The summed E-state index contributed by atoms with van der Waals surface area (Å²) < 4.78 is 6.42. The van der Waals surface area contributed by atoms with Gasteiger partial charge in [0.05, 0.1) is 12.6 Å². The Labute approximate surface area is 84.7 Å². The highest BCUT2D eigenvalue weighted by Crippen LogP contribution is 2.20. The molecule has 0 amide bonds. The maximum absolute atomic E-state index is 11.5. The number of H-pyrrole nitrogens is 1. The lowest BCUT2D eigenvalue weighted by Gasteiger charge is -2.15. The first kappa shape index (κ1) is 9.78. The van der Waals surface area contributed by atoms with Crippen LogP contribution in [0.4, 0.5) is 11.5 Å². The molecule has 1 unspecified atom stereocenters. The van der Waals surface area contributed by atoms with Crippen molar-refractivity contribution in [2.24, 2.45) is 0 Å². The van der Waals surface area contributed by atoms with Crippen LogP contribution in [-0.4, -0.2) is 22.8 Å². The third-order valence-electron chi connectivity index (χ3n) is 2.49. The molecular weight excluding hydrogens is 200 g/mol. The highest BCUT2D eigenvalue weighted by atomic mass is 16.5. The molecule has 1 aliphatic rings. The Morgan fingerprint density at radius 1 is 1.40 bits per heavy atom. The van der Waals surface area contributed by atoms with Gasteiger partial charge in [-0.15, -0.1) is 0 Å². The Bertz CT molecular complexity index is 484. The predicted molar refractivity (Wildman–Crippen MR) is 54.6 cm³/mol. The Kier molecular flexibility index (Phi) is 2.24.